The summed E-state index contributed by atoms with van der Waals surface area (Å²) in [5, 5.41) is 16.2. The Labute approximate surface area is 93.5 Å². The van der Waals surface area contributed by atoms with Crippen molar-refractivity contribution in [2.45, 2.75) is 0 Å². The molecule has 5 nitrogen and oxygen atoms in total. The standard InChI is InChI=1S/C9H6BrN3O2/c10-7-2-1-6(9(14)15)3-8(7)13-4-11-12-5-13/h1-5H,(H,14,15). The predicted octanol–water partition coefficient (Wildman–Crippen LogP) is 1.73. The van der Waals surface area contributed by atoms with Crippen LogP contribution < -0.4 is 0 Å². The number of hydrogen-bond donors (Lipinski definition) is 1. The molecule has 0 spiro atoms. The number of carbonyl (C=O) groups is 1. The van der Waals surface area contributed by atoms with Crippen LogP contribution in [0.2, 0.25) is 0 Å². The van der Waals surface area contributed by atoms with Gasteiger partial charge in [0.05, 0.1) is 11.3 Å². The van der Waals surface area contributed by atoms with Crippen LogP contribution >= 0.6 is 15.9 Å². The Balaban J connectivity index is 2.55. The average Bonchev–Trinajstić information content (AvgIpc) is 2.71. The number of halogens is 1. The van der Waals surface area contributed by atoms with E-state index < -0.39 is 5.97 Å². The van der Waals surface area contributed by atoms with Crippen molar-refractivity contribution in [2.75, 3.05) is 0 Å². The Morgan fingerprint density at radius 1 is 1.33 bits per heavy atom. The van der Waals surface area contributed by atoms with E-state index in [-0.39, 0.29) is 5.56 Å². The van der Waals surface area contributed by atoms with Gasteiger partial charge < -0.3 is 5.11 Å². The van der Waals surface area contributed by atoms with E-state index in [2.05, 4.69) is 26.1 Å². The van der Waals surface area contributed by atoms with Gasteiger partial charge in [0.2, 0.25) is 0 Å². The third kappa shape index (κ3) is 1.89. The molecule has 1 aromatic heterocycles. The zero-order chi connectivity index (χ0) is 10.8. The largest absolute Gasteiger partial charge is 0.478 e. The van der Waals surface area contributed by atoms with Crippen molar-refractivity contribution >= 4 is 21.9 Å². The monoisotopic (exact) mass is 267 g/mol. The molecule has 2 rings (SSSR count). The van der Waals surface area contributed by atoms with Crippen LogP contribution in [-0.2, 0) is 0 Å². The summed E-state index contributed by atoms with van der Waals surface area (Å²) in [5.41, 5.74) is 0.918. The number of benzene rings is 1. The van der Waals surface area contributed by atoms with Gasteiger partial charge in [-0.25, -0.2) is 4.79 Å². The third-order valence-electron chi connectivity index (χ3n) is 1.89. The molecule has 0 aliphatic heterocycles. The Morgan fingerprint density at radius 3 is 2.60 bits per heavy atom. The maximum Gasteiger partial charge on any atom is 0.335 e. The molecule has 0 saturated heterocycles. The number of aromatic carboxylic acids is 1. The molecular formula is C9H6BrN3O2. The quantitative estimate of drug-likeness (QED) is 0.900. The van der Waals surface area contributed by atoms with Gasteiger partial charge in [-0.3, -0.25) is 4.57 Å². The molecule has 0 radical (unpaired) electrons. The molecule has 1 N–H and O–H groups in total. The highest BCUT2D eigenvalue weighted by Crippen LogP contribution is 2.21. The molecule has 2 aromatic rings. The molecule has 0 aliphatic carbocycles. The van der Waals surface area contributed by atoms with Crippen molar-refractivity contribution in [1.82, 2.24) is 14.8 Å². The van der Waals surface area contributed by atoms with Crippen molar-refractivity contribution in [3.05, 3.63) is 40.9 Å². The first-order valence-corrected chi connectivity index (χ1v) is 4.85. The highest BCUT2D eigenvalue weighted by Gasteiger charge is 2.08. The molecule has 6 heteroatoms. The van der Waals surface area contributed by atoms with E-state index in [4.69, 9.17) is 5.11 Å². The van der Waals surface area contributed by atoms with Crippen molar-refractivity contribution in [3.63, 3.8) is 0 Å². The number of hydrogen-bond acceptors (Lipinski definition) is 3. The zero-order valence-corrected chi connectivity index (χ0v) is 9.05. The molecule has 1 heterocycles. The Morgan fingerprint density at radius 2 is 2.00 bits per heavy atom. The summed E-state index contributed by atoms with van der Waals surface area (Å²) in [5.74, 6) is -0.961. The first kappa shape index (κ1) is 9.85. The van der Waals surface area contributed by atoms with Crippen LogP contribution in [0, 0.1) is 0 Å². The second-order valence-corrected chi connectivity index (χ2v) is 3.69. The van der Waals surface area contributed by atoms with Gasteiger partial charge in [-0.2, -0.15) is 0 Å². The van der Waals surface area contributed by atoms with Gasteiger partial charge in [0.25, 0.3) is 0 Å². The van der Waals surface area contributed by atoms with E-state index in [1.165, 1.54) is 18.7 Å². The van der Waals surface area contributed by atoms with Crippen LogP contribution in [0.1, 0.15) is 10.4 Å². The fraction of sp³-hybridized carbons (Fsp3) is 0. The second-order valence-electron chi connectivity index (χ2n) is 2.84. The first-order valence-electron chi connectivity index (χ1n) is 4.06. The number of nitrogens with zero attached hydrogens (tertiary/aromatic N) is 3. The lowest BCUT2D eigenvalue weighted by atomic mass is 10.2. The number of carboxylic acid groups (broad SMARTS) is 1. The van der Waals surface area contributed by atoms with Gasteiger partial charge in [0.15, 0.2) is 0 Å². The molecule has 0 bridgehead atoms. The molecule has 15 heavy (non-hydrogen) atoms. The highest BCUT2D eigenvalue weighted by molar-refractivity contribution is 9.10. The van der Waals surface area contributed by atoms with Gasteiger partial charge in [-0.1, -0.05) is 0 Å². The van der Waals surface area contributed by atoms with E-state index in [1.807, 2.05) is 0 Å². The maximum atomic E-state index is 10.8. The van der Waals surface area contributed by atoms with Gasteiger partial charge in [-0.05, 0) is 34.1 Å². The minimum Gasteiger partial charge on any atom is -0.478 e. The van der Waals surface area contributed by atoms with E-state index in [0.29, 0.717) is 5.69 Å². The normalized spacial score (nSPS) is 10.2. The van der Waals surface area contributed by atoms with Crippen LogP contribution in [0.3, 0.4) is 0 Å². The molecule has 0 unspecified atom stereocenters. The summed E-state index contributed by atoms with van der Waals surface area (Å²) in [6, 6.07) is 4.76. The SMILES string of the molecule is O=C(O)c1ccc(Br)c(-n2cnnc2)c1. The molecule has 0 atom stereocenters. The Bertz CT molecular complexity index is 496. The summed E-state index contributed by atoms with van der Waals surface area (Å²) in [4.78, 5) is 10.8. The minimum absolute atomic E-state index is 0.224. The van der Waals surface area contributed by atoms with E-state index in [0.717, 1.165) is 4.47 Å². The van der Waals surface area contributed by atoms with E-state index >= 15 is 0 Å². The summed E-state index contributed by atoms with van der Waals surface area (Å²) in [6.45, 7) is 0. The molecule has 0 amide bonds. The summed E-state index contributed by atoms with van der Waals surface area (Å²) < 4.78 is 2.42. The topological polar surface area (TPSA) is 68.0 Å². The second kappa shape index (κ2) is 3.82. The highest BCUT2D eigenvalue weighted by atomic mass is 79.9. The van der Waals surface area contributed by atoms with Crippen molar-refractivity contribution < 1.29 is 9.90 Å². The van der Waals surface area contributed by atoms with Crippen LogP contribution in [0.4, 0.5) is 0 Å². The lowest BCUT2D eigenvalue weighted by Crippen LogP contribution is -1.99. The smallest absolute Gasteiger partial charge is 0.335 e. The molecule has 1 aromatic carbocycles. The van der Waals surface area contributed by atoms with Crippen LogP contribution in [0.25, 0.3) is 5.69 Å². The lowest BCUT2D eigenvalue weighted by molar-refractivity contribution is 0.0697. The van der Waals surface area contributed by atoms with Crippen molar-refractivity contribution in [2.24, 2.45) is 0 Å². The maximum absolute atomic E-state index is 10.8. The molecule has 0 saturated carbocycles. The van der Waals surface area contributed by atoms with E-state index in [9.17, 15) is 4.79 Å². The summed E-state index contributed by atoms with van der Waals surface area (Å²) in [7, 11) is 0. The third-order valence-corrected chi connectivity index (χ3v) is 2.56. The number of aromatic nitrogens is 3. The Hall–Kier alpha value is -1.69. The molecular weight excluding hydrogens is 262 g/mol. The van der Waals surface area contributed by atoms with Gasteiger partial charge in [0.1, 0.15) is 12.7 Å². The lowest BCUT2D eigenvalue weighted by Gasteiger charge is -2.05. The van der Waals surface area contributed by atoms with Gasteiger partial charge in [0, 0.05) is 4.47 Å². The fourth-order valence-electron chi connectivity index (χ4n) is 1.17. The van der Waals surface area contributed by atoms with E-state index in [1.54, 1.807) is 16.7 Å². The van der Waals surface area contributed by atoms with Crippen molar-refractivity contribution in [1.29, 1.82) is 0 Å². The Kier molecular flexibility index (Phi) is 2.51. The molecule has 0 fully saturated rings. The number of carboxylic acids is 1. The average molecular weight is 268 g/mol. The van der Waals surface area contributed by atoms with Gasteiger partial charge in [-0.15, -0.1) is 10.2 Å². The first-order chi connectivity index (χ1) is 7.18. The molecule has 76 valence electrons. The van der Waals surface area contributed by atoms with Crippen molar-refractivity contribution in [3.8, 4) is 5.69 Å². The summed E-state index contributed by atoms with van der Waals surface area (Å²) >= 11 is 3.33. The minimum atomic E-state index is -0.961. The summed E-state index contributed by atoms with van der Waals surface area (Å²) in [6.07, 6.45) is 3.01. The van der Waals surface area contributed by atoms with Crippen LogP contribution in [-0.4, -0.2) is 25.8 Å². The molecule has 0 aliphatic rings. The predicted molar refractivity (Wildman–Crippen MR) is 56.0 cm³/mol. The number of rotatable bonds is 2. The van der Waals surface area contributed by atoms with Crippen LogP contribution in [0.15, 0.2) is 35.3 Å². The van der Waals surface area contributed by atoms with Crippen LogP contribution in [0.5, 0.6) is 0 Å². The van der Waals surface area contributed by atoms with Gasteiger partial charge >= 0.3 is 5.97 Å². The zero-order valence-electron chi connectivity index (χ0n) is 7.46. The fourth-order valence-corrected chi connectivity index (χ4v) is 1.62.